The Morgan fingerprint density at radius 3 is 2.47 bits per heavy atom. The van der Waals surface area contributed by atoms with Crippen molar-refractivity contribution >= 4 is 6.03 Å². The molecular formula is C12H20F2N4O. The Morgan fingerprint density at radius 1 is 1.37 bits per heavy atom. The summed E-state index contributed by atoms with van der Waals surface area (Å²) in [4.78, 5) is 11.4. The molecule has 0 saturated heterocycles. The van der Waals surface area contributed by atoms with Crippen molar-refractivity contribution in [3.8, 4) is 0 Å². The van der Waals surface area contributed by atoms with Gasteiger partial charge >= 0.3 is 6.03 Å². The van der Waals surface area contributed by atoms with Crippen molar-refractivity contribution in [3.63, 3.8) is 0 Å². The Bertz CT molecular complexity index is 406. The Kier molecular flexibility index (Phi) is 5.72. The summed E-state index contributed by atoms with van der Waals surface area (Å²) >= 11 is 0. The van der Waals surface area contributed by atoms with Crippen molar-refractivity contribution in [3.05, 3.63) is 18.0 Å². The monoisotopic (exact) mass is 274 g/mol. The van der Waals surface area contributed by atoms with E-state index in [-0.39, 0.29) is 5.92 Å². The molecule has 0 aliphatic carbocycles. The SMILES string of the molecule is CC(C)C(CNC(=O)NCC(F)F)c1ccnn1C. The molecule has 0 bridgehead atoms. The number of carbonyl (C=O) groups is 1. The van der Waals surface area contributed by atoms with Gasteiger partial charge in [-0.15, -0.1) is 0 Å². The van der Waals surface area contributed by atoms with Crippen molar-refractivity contribution < 1.29 is 13.6 Å². The molecule has 1 aromatic rings. The minimum Gasteiger partial charge on any atom is -0.337 e. The van der Waals surface area contributed by atoms with Gasteiger partial charge in [-0.1, -0.05) is 13.8 Å². The van der Waals surface area contributed by atoms with Crippen molar-refractivity contribution in [2.45, 2.75) is 26.2 Å². The molecule has 0 radical (unpaired) electrons. The first-order valence-corrected chi connectivity index (χ1v) is 6.19. The van der Waals surface area contributed by atoms with Crippen LogP contribution in [-0.2, 0) is 7.05 Å². The van der Waals surface area contributed by atoms with Gasteiger partial charge in [-0.25, -0.2) is 13.6 Å². The lowest BCUT2D eigenvalue weighted by Gasteiger charge is -2.21. The lowest BCUT2D eigenvalue weighted by atomic mass is 9.92. The van der Waals surface area contributed by atoms with E-state index in [2.05, 4.69) is 15.7 Å². The number of hydrogen-bond donors (Lipinski definition) is 2. The summed E-state index contributed by atoms with van der Waals surface area (Å²) in [6.07, 6.45) is -0.842. The number of alkyl halides is 2. The van der Waals surface area contributed by atoms with Crippen LogP contribution in [0, 0.1) is 5.92 Å². The number of halogens is 2. The summed E-state index contributed by atoms with van der Waals surface area (Å²) in [7, 11) is 1.83. The second kappa shape index (κ2) is 7.06. The molecule has 1 heterocycles. The summed E-state index contributed by atoms with van der Waals surface area (Å²) in [6, 6.07) is 1.32. The number of rotatable bonds is 6. The highest BCUT2D eigenvalue weighted by Gasteiger charge is 2.19. The first-order chi connectivity index (χ1) is 8.91. The molecule has 19 heavy (non-hydrogen) atoms. The van der Waals surface area contributed by atoms with Gasteiger partial charge in [0.1, 0.15) is 0 Å². The number of urea groups is 1. The number of aromatic nitrogens is 2. The Hall–Kier alpha value is -1.66. The normalized spacial score (nSPS) is 12.8. The minimum atomic E-state index is -2.54. The zero-order valence-corrected chi connectivity index (χ0v) is 11.4. The van der Waals surface area contributed by atoms with Crippen molar-refractivity contribution in [1.29, 1.82) is 0 Å². The first-order valence-electron chi connectivity index (χ1n) is 6.19. The Labute approximate surface area is 111 Å². The second-order valence-corrected chi connectivity index (χ2v) is 4.71. The molecule has 0 fully saturated rings. The lowest BCUT2D eigenvalue weighted by Crippen LogP contribution is -2.40. The zero-order chi connectivity index (χ0) is 14.4. The average Bonchev–Trinajstić information content (AvgIpc) is 2.73. The number of hydrogen-bond acceptors (Lipinski definition) is 2. The lowest BCUT2D eigenvalue weighted by molar-refractivity contribution is 0.146. The van der Waals surface area contributed by atoms with Gasteiger partial charge in [0.05, 0.1) is 6.54 Å². The van der Waals surface area contributed by atoms with Gasteiger partial charge < -0.3 is 10.6 Å². The fourth-order valence-electron chi connectivity index (χ4n) is 1.86. The third-order valence-corrected chi connectivity index (χ3v) is 2.94. The second-order valence-electron chi connectivity index (χ2n) is 4.71. The van der Waals surface area contributed by atoms with E-state index in [0.29, 0.717) is 12.5 Å². The maximum Gasteiger partial charge on any atom is 0.315 e. The van der Waals surface area contributed by atoms with Crippen LogP contribution >= 0.6 is 0 Å². The predicted molar refractivity (Wildman–Crippen MR) is 68.2 cm³/mol. The van der Waals surface area contributed by atoms with Crippen LogP contribution < -0.4 is 10.6 Å². The smallest absolute Gasteiger partial charge is 0.315 e. The number of aryl methyl sites for hydroxylation is 1. The van der Waals surface area contributed by atoms with Crippen molar-refractivity contribution in [2.75, 3.05) is 13.1 Å². The average molecular weight is 274 g/mol. The van der Waals surface area contributed by atoms with E-state index >= 15 is 0 Å². The molecule has 0 aromatic carbocycles. The van der Waals surface area contributed by atoms with E-state index < -0.39 is 19.0 Å². The van der Waals surface area contributed by atoms with Crippen LogP contribution in [0.4, 0.5) is 13.6 Å². The number of carbonyl (C=O) groups excluding carboxylic acids is 1. The van der Waals surface area contributed by atoms with Crippen molar-refractivity contribution in [1.82, 2.24) is 20.4 Å². The summed E-state index contributed by atoms with van der Waals surface area (Å²) in [5, 5.41) is 8.82. The number of amides is 2. The highest BCUT2D eigenvalue weighted by atomic mass is 19.3. The molecule has 1 atom stereocenters. The van der Waals surface area contributed by atoms with Gasteiger partial charge in [0.15, 0.2) is 0 Å². The predicted octanol–water partition coefficient (Wildman–Crippen LogP) is 1.72. The minimum absolute atomic E-state index is 0.0878. The fourth-order valence-corrected chi connectivity index (χ4v) is 1.86. The quantitative estimate of drug-likeness (QED) is 0.830. The molecule has 108 valence electrons. The molecule has 1 aromatic heterocycles. The van der Waals surface area contributed by atoms with E-state index in [1.165, 1.54) is 0 Å². The van der Waals surface area contributed by atoms with Gasteiger partial charge in [-0.2, -0.15) is 5.10 Å². The maximum atomic E-state index is 11.9. The zero-order valence-electron chi connectivity index (χ0n) is 11.4. The van der Waals surface area contributed by atoms with E-state index in [4.69, 9.17) is 0 Å². The van der Waals surface area contributed by atoms with Gasteiger partial charge in [0.25, 0.3) is 6.43 Å². The van der Waals surface area contributed by atoms with Gasteiger partial charge in [-0.3, -0.25) is 4.68 Å². The largest absolute Gasteiger partial charge is 0.337 e. The van der Waals surface area contributed by atoms with E-state index in [1.807, 2.05) is 27.0 Å². The third kappa shape index (κ3) is 4.84. The van der Waals surface area contributed by atoms with Crippen LogP contribution in [0.2, 0.25) is 0 Å². The molecule has 0 aliphatic heterocycles. The highest BCUT2D eigenvalue weighted by molar-refractivity contribution is 5.73. The Morgan fingerprint density at radius 2 is 2.00 bits per heavy atom. The van der Waals surface area contributed by atoms with Crippen LogP contribution in [0.5, 0.6) is 0 Å². The standard InChI is InChI=1S/C12H20F2N4O/c1-8(2)9(10-4-5-17-18(10)3)6-15-12(19)16-7-11(13)14/h4-5,8-9,11H,6-7H2,1-3H3,(H2,15,16,19). The molecule has 2 amide bonds. The fraction of sp³-hybridized carbons (Fsp3) is 0.667. The van der Waals surface area contributed by atoms with Gasteiger partial charge in [0, 0.05) is 31.4 Å². The molecule has 5 nitrogen and oxygen atoms in total. The van der Waals surface area contributed by atoms with Gasteiger partial charge in [0.2, 0.25) is 0 Å². The summed E-state index contributed by atoms with van der Waals surface area (Å²) in [5.74, 6) is 0.385. The summed E-state index contributed by atoms with van der Waals surface area (Å²) in [5.41, 5.74) is 1.00. The summed E-state index contributed by atoms with van der Waals surface area (Å²) in [6.45, 7) is 3.82. The molecule has 0 saturated carbocycles. The molecular weight excluding hydrogens is 254 g/mol. The Balaban J connectivity index is 2.52. The molecule has 0 aliphatic rings. The van der Waals surface area contributed by atoms with Crippen LogP contribution in [-0.4, -0.2) is 35.3 Å². The van der Waals surface area contributed by atoms with Crippen LogP contribution in [0.3, 0.4) is 0 Å². The molecule has 1 rings (SSSR count). The maximum absolute atomic E-state index is 11.9. The third-order valence-electron chi connectivity index (χ3n) is 2.94. The molecule has 7 heteroatoms. The molecule has 0 spiro atoms. The topological polar surface area (TPSA) is 59.0 Å². The van der Waals surface area contributed by atoms with E-state index in [1.54, 1.807) is 10.9 Å². The molecule has 2 N–H and O–H groups in total. The first kappa shape index (κ1) is 15.4. The molecule has 1 unspecified atom stereocenters. The van der Waals surface area contributed by atoms with Crippen LogP contribution in [0.25, 0.3) is 0 Å². The number of nitrogens with one attached hydrogen (secondary N) is 2. The van der Waals surface area contributed by atoms with Crippen LogP contribution in [0.1, 0.15) is 25.5 Å². The summed E-state index contributed by atoms with van der Waals surface area (Å²) < 4.78 is 25.6. The van der Waals surface area contributed by atoms with E-state index in [9.17, 15) is 13.6 Å². The number of nitrogens with zero attached hydrogens (tertiary/aromatic N) is 2. The van der Waals surface area contributed by atoms with Crippen LogP contribution in [0.15, 0.2) is 12.3 Å². The van der Waals surface area contributed by atoms with E-state index in [0.717, 1.165) is 5.69 Å². The highest BCUT2D eigenvalue weighted by Crippen LogP contribution is 2.22. The van der Waals surface area contributed by atoms with Crippen molar-refractivity contribution in [2.24, 2.45) is 13.0 Å². The van der Waals surface area contributed by atoms with Gasteiger partial charge in [-0.05, 0) is 12.0 Å².